The number of aryl methyl sites for hydroxylation is 1. The van der Waals surface area contributed by atoms with Gasteiger partial charge in [-0.1, -0.05) is 84.6 Å². The van der Waals surface area contributed by atoms with Crippen LogP contribution in [0.4, 0.5) is 0 Å². The van der Waals surface area contributed by atoms with Gasteiger partial charge in [-0.25, -0.2) is 0 Å². The van der Waals surface area contributed by atoms with Gasteiger partial charge in [0.25, 0.3) is 0 Å². The van der Waals surface area contributed by atoms with Crippen LogP contribution in [0.2, 0.25) is 0 Å². The fourth-order valence-electron chi connectivity index (χ4n) is 2.58. The van der Waals surface area contributed by atoms with Crippen molar-refractivity contribution in [1.29, 1.82) is 0 Å². The van der Waals surface area contributed by atoms with Gasteiger partial charge in [0.2, 0.25) is 0 Å². The van der Waals surface area contributed by atoms with Crippen molar-refractivity contribution < 1.29 is 4.74 Å². The Morgan fingerprint density at radius 2 is 1.41 bits per heavy atom. The van der Waals surface area contributed by atoms with E-state index >= 15 is 0 Å². The van der Waals surface area contributed by atoms with Gasteiger partial charge >= 0.3 is 0 Å². The molecule has 0 fully saturated rings. The summed E-state index contributed by atoms with van der Waals surface area (Å²) in [5.74, 6) is 7.43. The molecule has 0 N–H and O–H groups in total. The van der Waals surface area contributed by atoms with Crippen molar-refractivity contribution in [1.82, 2.24) is 0 Å². The van der Waals surface area contributed by atoms with Crippen LogP contribution >= 0.6 is 0 Å². The highest BCUT2D eigenvalue weighted by atomic mass is 16.5. The zero-order valence-corrected chi connectivity index (χ0v) is 20.4. The summed E-state index contributed by atoms with van der Waals surface area (Å²) in [7, 11) is 1.72. The molecule has 2 aromatic rings. The molecule has 0 atom stereocenters. The lowest BCUT2D eigenvalue weighted by atomic mass is 9.90. The van der Waals surface area contributed by atoms with Crippen molar-refractivity contribution in [2.45, 2.75) is 87.0 Å². The molecule has 0 aliphatic heterocycles. The highest BCUT2D eigenvalue weighted by Gasteiger charge is 2.10. The van der Waals surface area contributed by atoms with Crippen LogP contribution in [0.3, 0.4) is 0 Å². The number of ether oxygens (including phenoxy) is 1. The molecule has 0 unspecified atom stereocenters. The fraction of sp³-hybridized carbons (Fsp3) is 0.500. The van der Waals surface area contributed by atoms with E-state index in [0.29, 0.717) is 5.92 Å². The molecule has 0 aliphatic rings. The zero-order chi connectivity index (χ0) is 22.5. The van der Waals surface area contributed by atoms with Crippen molar-refractivity contribution in [3.8, 4) is 17.6 Å². The highest BCUT2D eigenvalue weighted by Crippen LogP contribution is 2.29. The second-order valence-electron chi connectivity index (χ2n) is 6.48. The minimum Gasteiger partial charge on any atom is -0.497 e. The average molecular weight is 397 g/mol. The maximum absolute atomic E-state index is 5.25. The zero-order valence-electron chi connectivity index (χ0n) is 20.4. The summed E-state index contributed by atoms with van der Waals surface area (Å²) in [4.78, 5) is 0. The molecule has 0 aromatic heterocycles. The second kappa shape index (κ2) is 20.5. The predicted octanol–water partition coefficient (Wildman–Crippen LogP) is 8.80. The van der Waals surface area contributed by atoms with Crippen LogP contribution in [-0.2, 0) is 0 Å². The quantitative estimate of drug-likeness (QED) is 0.459. The molecule has 29 heavy (non-hydrogen) atoms. The van der Waals surface area contributed by atoms with Crippen LogP contribution < -0.4 is 4.74 Å². The smallest absolute Gasteiger partial charge is 0.119 e. The number of methoxy groups -OCH3 is 1. The monoisotopic (exact) mass is 396 g/mol. The Morgan fingerprint density at radius 1 is 0.862 bits per heavy atom. The van der Waals surface area contributed by atoms with Crippen LogP contribution in [0.5, 0.6) is 5.75 Å². The molecule has 1 heteroatoms. The summed E-state index contributed by atoms with van der Waals surface area (Å²) in [5, 5.41) is 0. The molecule has 162 valence electrons. The van der Waals surface area contributed by atoms with Crippen LogP contribution in [0, 0.1) is 18.8 Å². The number of rotatable bonds is 5. The first-order chi connectivity index (χ1) is 14.1. The maximum atomic E-state index is 5.25. The van der Waals surface area contributed by atoms with Crippen LogP contribution in [-0.4, -0.2) is 7.11 Å². The molecule has 0 spiro atoms. The summed E-state index contributed by atoms with van der Waals surface area (Å²) in [6.07, 6.45) is 5.04. The van der Waals surface area contributed by atoms with E-state index in [1.54, 1.807) is 7.11 Å². The van der Waals surface area contributed by atoms with E-state index in [2.05, 4.69) is 58.6 Å². The lowest BCUT2D eigenvalue weighted by Gasteiger charge is -2.16. The summed E-state index contributed by atoms with van der Waals surface area (Å²) < 4.78 is 5.25. The Morgan fingerprint density at radius 3 is 1.83 bits per heavy atom. The van der Waals surface area contributed by atoms with Gasteiger partial charge in [-0.05, 0) is 68.0 Å². The molecule has 1 nitrogen and oxygen atoms in total. The molecule has 0 radical (unpaired) electrons. The molecular weight excluding hydrogens is 352 g/mol. The molecule has 0 amide bonds. The van der Waals surface area contributed by atoms with Gasteiger partial charge in [-0.2, -0.15) is 0 Å². The molecular formula is C28H44O. The Labute approximate surface area is 181 Å². The number of hydrogen-bond donors (Lipinski definition) is 0. The summed E-state index contributed by atoms with van der Waals surface area (Å²) in [5.41, 5.74) is 3.90. The molecule has 2 aromatic carbocycles. The van der Waals surface area contributed by atoms with Crippen molar-refractivity contribution in [3.63, 3.8) is 0 Å². The molecule has 2 rings (SSSR count). The van der Waals surface area contributed by atoms with Crippen LogP contribution in [0.1, 0.15) is 96.8 Å². The standard InChI is InChI=1S/C13H20O.C9H8.C4H10.C2H6/c1-5-11(6-2)13-9-12(14-4)8-7-10(13)3;1-2-6-9-7-4-3-5-8-9;1-3-4-2;1-2/h7-9,11H,5-6H2,1-4H3;3-5,7-8H,1H3;3-4H2,1-2H3;1-2H3. The van der Waals surface area contributed by atoms with Gasteiger partial charge < -0.3 is 4.74 Å². The Kier molecular flexibility index (Phi) is 20.5. The van der Waals surface area contributed by atoms with Crippen molar-refractivity contribution in [2.24, 2.45) is 0 Å². The van der Waals surface area contributed by atoms with Crippen molar-refractivity contribution in [2.75, 3.05) is 7.11 Å². The van der Waals surface area contributed by atoms with Crippen molar-refractivity contribution in [3.05, 3.63) is 65.2 Å². The van der Waals surface area contributed by atoms with Gasteiger partial charge in [-0.3, -0.25) is 0 Å². The summed E-state index contributed by atoms with van der Waals surface area (Å²) >= 11 is 0. The third kappa shape index (κ3) is 13.6. The Bertz CT molecular complexity index is 656. The third-order valence-electron chi connectivity index (χ3n) is 4.45. The lowest BCUT2D eigenvalue weighted by molar-refractivity contribution is 0.413. The van der Waals surface area contributed by atoms with E-state index in [-0.39, 0.29) is 0 Å². The molecule has 0 heterocycles. The minimum atomic E-state index is 0.671. The molecule has 0 saturated carbocycles. The predicted molar refractivity (Wildman–Crippen MR) is 132 cm³/mol. The maximum Gasteiger partial charge on any atom is 0.119 e. The summed E-state index contributed by atoms with van der Waals surface area (Å²) in [6, 6.07) is 16.3. The van der Waals surface area contributed by atoms with Crippen LogP contribution in [0.25, 0.3) is 0 Å². The number of hydrogen-bond acceptors (Lipinski definition) is 1. The SMILES string of the molecule is CC.CC#Cc1ccccc1.CCC(CC)c1cc(OC)ccc1C.CCCC. The third-order valence-corrected chi connectivity index (χ3v) is 4.45. The number of benzene rings is 2. The Balaban J connectivity index is 0. The van der Waals surface area contributed by atoms with Gasteiger partial charge in [0.1, 0.15) is 5.75 Å². The topological polar surface area (TPSA) is 9.23 Å². The largest absolute Gasteiger partial charge is 0.497 e. The normalized spacial score (nSPS) is 8.76. The molecule has 0 aliphatic carbocycles. The van der Waals surface area contributed by atoms with Gasteiger partial charge in [0, 0.05) is 5.56 Å². The highest BCUT2D eigenvalue weighted by molar-refractivity contribution is 5.37. The first-order valence-corrected chi connectivity index (χ1v) is 11.2. The second-order valence-corrected chi connectivity index (χ2v) is 6.48. The fourth-order valence-corrected chi connectivity index (χ4v) is 2.58. The van der Waals surface area contributed by atoms with Crippen molar-refractivity contribution >= 4 is 0 Å². The van der Waals surface area contributed by atoms with E-state index in [4.69, 9.17) is 4.74 Å². The van der Waals surface area contributed by atoms with Gasteiger partial charge in [-0.15, -0.1) is 5.92 Å². The average Bonchev–Trinajstić information content (AvgIpc) is 2.79. The molecule has 0 saturated heterocycles. The first kappa shape index (κ1) is 29.0. The van der Waals surface area contributed by atoms with Gasteiger partial charge in [0.05, 0.1) is 7.11 Å². The Hall–Kier alpha value is -2.20. The molecule has 0 bridgehead atoms. The first-order valence-electron chi connectivity index (χ1n) is 11.2. The van der Waals surface area contributed by atoms with E-state index in [1.165, 1.54) is 36.8 Å². The number of unbranched alkanes of at least 4 members (excludes halogenated alkanes) is 1. The van der Waals surface area contributed by atoms with E-state index in [0.717, 1.165) is 11.3 Å². The summed E-state index contributed by atoms with van der Waals surface area (Å²) in [6.45, 7) is 16.9. The lowest BCUT2D eigenvalue weighted by Crippen LogP contribution is -1.99. The van der Waals surface area contributed by atoms with E-state index in [9.17, 15) is 0 Å². The van der Waals surface area contributed by atoms with Gasteiger partial charge in [0.15, 0.2) is 0 Å². The van der Waals surface area contributed by atoms with E-state index < -0.39 is 0 Å². The minimum absolute atomic E-state index is 0.671. The van der Waals surface area contributed by atoms with E-state index in [1.807, 2.05) is 57.2 Å². The van der Waals surface area contributed by atoms with Crippen LogP contribution in [0.15, 0.2) is 48.5 Å².